The lowest BCUT2D eigenvalue weighted by Crippen LogP contribution is -2.11. The number of aromatic nitrogens is 1. The SMILES string of the molecule is CCCOCCOc1ncc(N)cc1C(=O)O. The van der Waals surface area contributed by atoms with Crippen molar-refractivity contribution in [1.29, 1.82) is 0 Å². The number of nitrogen functional groups attached to an aromatic ring is 1. The molecule has 0 spiro atoms. The van der Waals surface area contributed by atoms with Gasteiger partial charge in [0.1, 0.15) is 12.2 Å². The van der Waals surface area contributed by atoms with E-state index in [1.54, 1.807) is 0 Å². The van der Waals surface area contributed by atoms with Crippen molar-refractivity contribution in [2.75, 3.05) is 25.6 Å². The summed E-state index contributed by atoms with van der Waals surface area (Å²) in [5.41, 5.74) is 5.70. The van der Waals surface area contributed by atoms with Crippen molar-refractivity contribution in [3.05, 3.63) is 17.8 Å². The van der Waals surface area contributed by atoms with Gasteiger partial charge in [-0.05, 0) is 12.5 Å². The fraction of sp³-hybridized carbons (Fsp3) is 0.455. The number of hydrogen-bond donors (Lipinski definition) is 2. The van der Waals surface area contributed by atoms with Crippen molar-refractivity contribution in [1.82, 2.24) is 4.98 Å². The fourth-order valence-electron chi connectivity index (χ4n) is 1.18. The number of ether oxygens (including phenoxy) is 2. The first kappa shape index (κ1) is 13.2. The fourth-order valence-corrected chi connectivity index (χ4v) is 1.18. The summed E-state index contributed by atoms with van der Waals surface area (Å²) < 4.78 is 10.4. The summed E-state index contributed by atoms with van der Waals surface area (Å²) in [4.78, 5) is 14.7. The summed E-state index contributed by atoms with van der Waals surface area (Å²) in [6.07, 6.45) is 2.29. The molecule has 0 saturated heterocycles. The monoisotopic (exact) mass is 240 g/mol. The molecule has 0 aromatic carbocycles. The van der Waals surface area contributed by atoms with E-state index in [0.717, 1.165) is 6.42 Å². The lowest BCUT2D eigenvalue weighted by Gasteiger charge is -2.08. The third kappa shape index (κ3) is 4.28. The molecule has 0 amide bonds. The zero-order valence-electron chi connectivity index (χ0n) is 9.68. The van der Waals surface area contributed by atoms with Crippen LogP contribution in [0.5, 0.6) is 5.88 Å². The molecule has 0 atom stereocenters. The van der Waals surface area contributed by atoms with Crippen LogP contribution in [-0.4, -0.2) is 35.9 Å². The van der Waals surface area contributed by atoms with E-state index in [-0.39, 0.29) is 23.7 Å². The molecule has 0 aliphatic heterocycles. The lowest BCUT2D eigenvalue weighted by atomic mass is 10.2. The largest absolute Gasteiger partial charge is 0.477 e. The van der Waals surface area contributed by atoms with Gasteiger partial charge >= 0.3 is 5.97 Å². The number of anilines is 1. The Kier molecular flexibility index (Phi) is 5.22. The van der Waals surface area contributed by atoms with E-state index in [9.17, 15) is 4.79 Å². The van der Waals surface area contributed by atoms with E-state index in [1.807, 2.05) is 6.92 Å². The molecule has 1 rings (SSSR count). The van der Waals surface area contributed by atoms with E-state index in [0.29, 0.717) is 13.2 Å². The van der Waals surface area contributed by atoms with Crippen LogP contribution in [0, 0.1) is 0 Å². The Labute approximate surface area is 99.4 Å². The molecule has 0 saturated carbocycles. The highest BCUT2D eigenvalue weighted by Gasteiger charge is 2.13. The second kappa shape index (κ2) is 6.70. The molecule has 6 heteroatoms. The topological polar surface area (TPSA) is 94.7 Å². The molecule has 0 aliphatic rings. The van der Waals surface area contributed by atoms with E-state index < -0.39 is 5.97 Å². The highest BCUT2D eigenvalue weighted by atomic mass is 16.5. The van der Waals surface area contributed by atoms with Gasteiger partial charge in [0.15, 0.2) is 0 Å². The molecular weight excluding hydrogens is 224 g/mol. The Morgan fingerprint density at radius 1 is 1.47 bits per heavy atom. The van der Waals surface area contributed by atoms with Crippen LogP contribution in [0.4, 0.5) is 5.69 Å². The summed E-state index contributed by atoms with van der Waals surface area (Å²) in [6, 6.07) is 1.32. The predicted octanol–water partition coefficient (Wildman–Crippen LogP) is 1.17. The van der Waals surface area contributed by atoms with Gasteiger partial charge in [0, 0.05) is 6.61 Å². The normalized spacial score (nSPS) is 10.2. The zero-order chi connectivity index (χ0) is 12.7. The van der Waals surface area contributed by atoms with Crippen molar-refractivity contribution < 1.29 is 19.4 Å². The molecule has 1 aromatic rings. The van der Waals surface area contributed by atoms with Crippen LogP contribution >= 0.6 is 0 Å². The van der Waals surface area contributed by atoms with Crippen molar-refractivity contribution in [2.24, 2.45) is 0 Å². The van der Waals surface area contributed by atoms with Crippen molar-refractivity contribution in [2.45, 2.75) is 13.3 Å². The van der Waals surface area contributed by atoms with Gasteiger partial charge in [-0.25, -0.2) is 9.78 Å². The van der Waals surface area contributed by atoms with E-state index >= 15 is 0 Å². The number of nitrogens with zero attached hydrogens (tertiary/aromatic N) is 1. The average molecular weight is 240 g/mol. The third-order valence-electron chi connectivity index (χ3n) is 1.92. The lowest BCUT2D eigenvalue weighted by molar-refractivity contribution is 0.0683. The molecule has 1 aromatic heterocycles. The number of hydrogen-bond acceptors (Lipinski definition) is 5. The number of carboxylic acid groups (broad SMARTS) is 1. The second-order valence-corrected chi connectivity index (χ2v) is 3.39. The number of carbonyl (C=O) groups is 1. The first-order valence-corrected chi connectivity index (χ1v) is 5.34. The molecule has 6 nitrogen and oxygen atoms in total. The molecule has 1 heterocycles. The van der Waals surface area contributed by atoms with Crippen molar-refractivity contribution in [3.8, 4) is 5.88 Å². The molecule has 0 radical (unpaired) electrons. The Morgan fingerprint density at radius 2 is 2.24 bits per heavy atom. The van der Waals surface area contributed by atoms with Crippen LogP contribution in [0.15, 0.2) is 12.3 Å². The van der Waals surface area contributed by atoms with Gasteiger partial charge < -0.3 is 20.3 Å². The van der Waals surface area contributed by atoms with Crippen molar-refractivity contribution >= 4 is 11.7 Å². The van der Waals surface area contributed by atoms with Gasteiger partial charge in [-0.3, -0.25) is 0 Å². The number of nitrogens with two attached hydrogens (primary N) is 1. The van der Waals surface area contributed by atoms with Crippen LogP contribution in [0.3, 0.4) is 0 Å². The van der Waals surface area contributed by atoms with Crippen LogP contribution < -0.4 is 10.5 Å². The maximum Gasteiger partial charge on any atom is 0.341 e. The summed E-state index contributed by atoms with van der Waals surface area (Å²) in [5.74, 6) is -1.05. The Hall–Kier alpha value is -1.82. The van der Waals surface area contributed by atoms with Crippen LogP contribution in [0.1, 0.15) is 23.7 Å². The molecule has 0 bridgehead atoms. The highest BCUT2D eigenvalue weighted by Crippen LogP contribution is 2.17. The number of aromatic carboxylic acids is 1. The molecule has 0 unspecified atom stereocenters. The van der Waals surface area contributed by atoms with E-state index in [1.165, 1.54) is 12.3 Å². The summed E-state index contributed by atoms with van der Waals surface area (Å²) >= 11 is 0. The quantitative estimate of drug-likeness (QED) is 0.694. The summed E-state index contributed by atoms with van der Waals surface area (Å²) in [5, 5.41) is 8.92. The summed E-state index contributed by atoms with van der Waals surface area (Å²) in [6.45, 7) is 3.32. The van der Waals surface area contributed by atoms with Crippen molar-refractivity contribution in [3.63, 3.8) is 0 Å². The van der Waals surface area contributed by atoms with Crippen LogP contribution in [0.25, 0.3) is 0 Å². The first-order valence-electron chi connectivity index (χ1n) is 5.34. The van der Waals surface area contributed by atoms with E-state index in [4.69, 9.17) is 20.3 Å². The molecular formula is C11H16N2O4. The maximum absolute atomic E-state index is 10.9. The van der Waals surface area contributed by atoms with E-state index in [2.05, 4.69) is 4.98 Å². The van der Waals surface area contributed by atoms with Gasteiger partial charge in [-0.2, -0.15) is 0 Å². The minimum Gasteiger partial charge on any atom is -0.477 e. The predicted molar refractivity (Wildman–Crippen MR) is 62.2 cm³/mol. The van der Waals surface area contributed by atoms with Crippen LogP contribution in [0.2, 0.25) is 0 Å². The van der Waals surface area contributed by atoms with Gasteiger partial charge in [-0.15, -0.1) is 0 Å². The van der Waals surface area contributed by atoms with Gasteiger partial charge in [0.25, 0.3) is 0 Å². The zero-order valence-corrected chi connectivity index (χ0v) is 9.68. The Bertz CT molecular complexity index is 382. The third-order valence-corrected chi connectivity index (χ3v) is 1.92. The molecule has 94 valence electrons. The van der Waals surface area contributed by atoms with Gasteiger partial charge in [-0.1, -0.05) is 6.92 Å². The second-order valence-electron chi connectivity index (χ2n) is 3.39. The highest BCUT2D eigenvalue weighted by molar-refractivity contribution is 5.91. The standard InChI is InChI=1S/C11H16N2O4/c1-2-3-16-4-5-17-10-9(11(14)15)6-8(12)7-13-10/h6-7H,2-5,12H2,1H3,(H,14,15). The van der Waals surface area contributed by atoms with Gasteiger partial charge in [0.2, 0.25) is 5.88 Å². The molecule has 3 N–H and O–H groups in total. The number of rotatable bonds is 7. The number of carboxylic acids is 1. The van der Waals surface area contributed by atoms with Gasteiger partial charge in [0.05, 0.1) is 18.5 Å². The minimum absolute atomic E-state index is 0.0412. The minimum atomic E-state index is -1.12. The summed E-state index contributed by atoms with van der Waals surface area (Å²) in [7, 11) is 0. The Balaban J connectivity index is 2.55. The molecule has 0 fully saturated rings. The first-order chi connectivity index (χ1) is 8.15. The smallest absolute Gasteiger partial charge is 0.341 e. The maximum atomic E-state index is 10.9. The molecule has 0 aliphatic carbocycles. The van der Waals surface area contributed by atoms with Crippen LogP contribution in [-0.2, 0) is 4.74 Å². The molecule has 17 heavy (non-hydrogen) atoms. The number of pyridine rings is 1. The Morgan fingerprint density at radius 3 is 2.88 bits per heavy atom. The average Bonchev–Trinajstić information content (AvgIpc) is 2.30.